The van der Waals surface area contributed by atoms with E-state index in [-0.39, 0.29) is 5.82 Å². The Kier molecular flexibility index (Phi) is 2.01. The van der Waals surface area contributed by atoms with Gasteiger partial charge in [0.25, 0.3) is 0 Å². The van der Waals surface area contributed by atoms with Gasteiger partial charge in [0, 0.05) is 0 Å². The monoisotopic (exact) mass is 175 g/mol. The van der Waals surface area contributed by atoms with E-state index >= 15 is 0 Å². The Hall–Kier alpha value is -1.75. The molecule has 0 saturated carbocycles. The van der Waals surface area contributed by atoms with Crippen molar-refractivity contribution in [2.45, 2.75) is 6.10 Å². The van der Waals surface area contributed by atoms with Gasteiger partial charge in [0.1, 0.15) is 0 Å². The highest BCUT2D eigenvalue weighted by molar-refractivity contribution is 5.21. The first kappa shape index (κ1) is 7.88. The Morgan fingerprint density at radius 1 is 1.23 bits per heavy atom. The van der Waals surface area contributed by atoms with Crippen LogP contribution in [0.2, 0.25) is 0 Å². The van der Waals surface area contributed by atoms with Crippen molar-refractivity contribution in [2.24, 2.45) is 0 Å². The van der Waals surface area contributed by atoms with Crippen LogP contribution in [0, 0.1) is 0 Å². The summed E-state index contributed by atoms with van der Waals surface area (Å²) in [6, 6.07) is 8.98. The summed E-state index contributed by atoms with van der Waals surface area (Å²) in [5.41, 5.74) is 0.654. The number of rotatable bonds is 2. The van der Waals surface area contributed by atoms with Crippen molar-refractivity contribution in [3.8, 4) is 0 Å². The highest BCUT2D eigenvalue weighted by Gasteiger charge is 2.14. The second-order valence-corrected chi connectivity index (χ2v) is 2.58. The summed E-state index contributed by atoms with van der Waals surface area (Å²) < 4.78 is 0. The van der Waals surface area contributed by atoms with Crippen LogP contribution in [0.25, 0.3) is 0 Å². The number of H-pyrrole nitrogens is 1. The Bertz CT molecular complexity index is 359. The van der Waals surface area contributed by atoms with Crippen LogP contribution in [-0.4, -0.2) is 20.6 Å². The maximum atomic E-state index is 11.6. The largest absolute Gasteiger partial charge is 0.240 e. The number of aromatic amines is 1. The van der Waals surface area contributed by atoms with E-state index in [2.05, 4.69) is 20.6 Å². The molecule has 0 saturated heterocycles. The molecule has 13 heavy (non-hydrogen) atoms. The van der Waals surface area contributed by atoms with Crippen LogP contribution < -0.4 is 0 Å². The quantitative estimate of drug-likeness (QED) is 0.730. The number of tetrazole rings is 1. The summed E-state index contributed by atoms with van der Waals surface area (Å²) in [5, 5.41) is 24.3. The van der Waals surface area contributed by atoms with Crippen LogP contribution in [0.3, 0.4) is 0 Å². The predicted octanol–water partition coefficient (Wildman–Crippen LogP) is 0.720. The van der Waals surface area contributed by atoms with Gasteiger partial charge in [0.15, 0.2) is 11.9 Å². The van der Waals surface area contributed by atoms with E-state index in [4.69, 9.17) is 0 Å². The number of hydrogen-bond acceptors (Lipinski definition) is 3. The minimum absolute atomic E-state index is 0.242. The number of aromatic nitrogens is 4. The lowest BCUT2D eigenvalue weighted by molar-refractivity contribution is 0.117. The third kappa shape index (κ3) is 1.54. The van der Waals surface area contributed by atoms with Crippen molar-refractivity contribution >= 4 is 0 Å². The van der Waals surface area contributed by atoms with Crippen LogP contribution in [0.1, 0.15) is 17.5 Å². The lowest BCUT2D eigenvalue weighted by Gasteiger charge is -2.02. The van der Waals surface area contributed by atoms with Gasteiger partial charge in [-0.25, -0.2) is 10.2 Å². The molecule has 0 spiro atoms. The number of nitrogens with one attached hydrogen (secondary N) is 1. The molecule has 1 aromatic heterocycles. The molecule has 0 fully saturated rings. The van der Waals surface area contributed by atoms with Crippen molar-refractivity contribution in [3.63, 3.8) is 0 Å². The highest BCUT2D eigenvalue weighted by atomic mass is 16.3. The predicted molar refractivity (Wildman–Crippen MR) is 43.1 cm³/mol. The average Bonchev–Trinajstić information content (AvgIpc) is 2.71. The number of nitrogens with zero attached hydrogens (tertiary/aromatic N) is 3. The fourth-order valence-electron chi connectivity index (χ4n) is 1.06. The zero-order valence-corrected chi connectivity index (χ0v) is 6.71. The molecule has 2 rings (SSSR count). The van der Waals surface area contributed by atoms with Crippen molar-refractivity contribution in [3.05, 3.63) is 41.7 Å². The Labute approximate surface area is 74.4 Å². The van der Waals surface area contributed by atoms with Crippen molar-refractivity contribution in [1.82, 2.24) is 20.6 Å². The summed E-state index contributed by atoms with van der Waals surface area (Å²) >= 11 is 0. The maximum Gasteiger partial charge on any atom is 0.185 e. The fourth-order valence-corrected chi connectivity index (χ4v) is 1.06. The average molecular weight is 175 g/mol. The lowest BCUT2D eigenvalue weighted by atomic mass is 10.1. The SMILES string of the molecule is [O]C(c1ccccc1)c1nnn[nH]1. The molecule has 0 aliphatic rings. The topological polar surface area (TPSA) is 74.4 Å². The van der Waals surface area contributed by atoms with Gasteiger partial charge >= 0.3 is 0 Å². The molecule has 0 amide bonds. The van der Waals surface area contributed by atoms with Gasteiger partial charge in [-0.3, -0.25) is 0 Å². The minimum Gasteiger partial charge on any atom is -0.240 e. The first-order chi connectivity index (χ1) is 6.38. The van der Waals surface area contributed by atoms with Crippen LogP contribution in [0.5, 0.6) is 0 Å². The molecular weight excluding hydrogens is 168 g/mol. The summed E-state index contributed by atoms with van der Waals surface area (Å²) in [7, 11) is 0. The third-order valence-electron chi connectivity index (χ3n) is 1.71. The van der Waals surface area contributed by atoms with Gasteiger partial charge in [-0.15, -0.1) is 5.10 Å². The first-order valence-corrected chi connectivity index (χ1v) is 3.82. The molecule has 5 heteroatoms. The van der Waals surface area contributed by atoms with Crippen molar-refractivity contribution in [1.29, 1.82) is 0 Å². The van der Waals surface area contributed by atoms with Gasteiger partial charge in [0.2, 0.25) is 0 Å². The number of hydrogen-bond donors (Lipinski definition) is 1. The highest BCUT2D eigenvalue weighted by Crippen LogP contribution is 2.17. The minimum atomic E-state index is -1.03. The molecule has 1 aromatic carbocycles. The van der Waals surface area contributed by atoms with Gasteiger partial charge in [-0.2, -0.15) is 0 Å². The summed E-state index contributed by atoms with van der Waals surface area (Å²) in [4.78, 5) is 0. The standard InChI is InChI=1S/C8H7N4O/c13-7(8-9-11-12-10-8)6-4-2-1-3-5-6/h1-5,7H,(H,9,10,11,12). The third-order valence-corrected chi connectivity index (χ3v) is 1.71. The van der Waals surface area contributed by atoms with E-state index in [9.17, 15) is 5.11 Å². The smallest absolute Gasteiger partial charge is 0.185 e. The molecule has 0 bridgehead atoms. The molecule has 1 radical (unpaired) electrons. The van der Waals surface area contributed by atoms with Gasteiger partial charge in [-0.1, -0.05) is 30.3 Å². The molecule has 65 valence electrons. The molecule has 1 atom stereocenters. The van der Waals surface area contributed by atoms with Crippen LogP contribution in [-0.2, 0) is 5.11 Å². The molecule has 5 nitrogen and oxygen atoms in total. The molecule has 1 unspecified atom stereocenters. The van der Waals surface area contributed by atoms with E-state index < -0.39 is 6.10 Å². The molecule has 1 heterocycles. The Morgan fingerprint density at radius 3 is 2.62 bits per heavy atom. The van der Waals surface area contributed by atoms with Crippen LogP contribution in [0.15, 0.2) is 30.3 Å². The molecule has 0 aliphatic carbocycles. The van der Waals surface area contributed by atoms with Crippen LogP contribution in [0.4, 0.5) is 0 Å². The van der Waals surface area contributed by atoms with E-state index in [0.29, 0.717) is 5.56 Å². The normalized spacial score (nSPS) is 12.7. The summed E-state index contributed by atoms with van der Waals surface area (Å²) in [6.07, 6.45) is -1.03. The molecule has 2 aromatic rings. The van der Waals surface area contributed by atoms with Crippen molar-refractivity contribution < 1.29 is 5.11 Å². The molecule has 1 N–H and O–H groups in total. The zero-order valence-electron chi connectivity index (χ0n) is 6.71. The Balaban J connectivity index is 2.29. The van der Waals surface area contributed by atoms with E-state index in [1.807, 2.05) is 18.2 Å². The van der Waals surface area contributed by atoms with Gasteiger partial charge in [0.05, 0.1) is 0 Å². The van der Waals surface area contributed by atoms with Crippen LogP contribution >= 0.6 is 0 Å². The number of benzene rings is 1. The molecular formula is C8H7N4O. The summed E-state index contributed by atoms with van der Waals surface area (Å²) in [6.45, 7) is 0. The first-order valence-electron chi connectivity index (χ1n) is 3.82. The van der Waals surface area contributed by atoms with E-state index in [0.717, 1.165) is 0 Å². The zero-order chi connectivity index (χ0) is 9.10. The lowest BCUT2D eigenvalue weighted by Crippen LogP contribution is -1.99. The molecule has 0 aliphatic heterocycles. The van der Waals surface area contributed by atoms with Crippen molar-refractivity contribution in [2.75, 3.05) is 0 Å². The second-order valence-electron chi connectivity index (χ2n) is 2.58. The second kappa shape index (κ2) is 3.32. The van der Waals surface area contributed by atoms with E-state index in [1.165, 1.54) is 0 Å². The van der Waals surface area contributed by atoms with Gasteiger partial charge in [-0.05, 0) is 16.0 Å². The Morgan fingerprint density at radius 2 is 2.00 bits per heavy atom. The van der Waals surface area contributed by atoms with Gasteiger partial charge < -0.3 is 0 Å². The summed E-state index contributed by atoms with van der Waals surface area (Å²) in [5.74, 6) is 0.242. The van der Waals surface area contributed by atoms with E-state index in [1.54, 1.807) is 12.1 Å². The maximum absolute atomic E-state index is 11.6. The fraction of sp³-hybridized carbons (Fsp3) is 0.125.